The van der Waals surface area contributed by atoms with Gasteiger partial charge in [0.2, 0.25) is 0 Å². The van der Waals surface area contributed by atoms with Crippen LogP contribution < -0.4 is 0 Å². The second-order valence-electron chi connectivity index (χ2n) is 5.53. The first-order valence-corrected chi connectivity index (χ1v) is 6.86. The molecule has 100 valence electrons. The molecule has 0 unspecified atom stereocenters. The van der Waals surface area contributed by atoms with E-state index in [1.165, 1.54) is 19.3 Å². The van der Waals surface area contributed by atoms with Crippen molar-refractivity contribution in [3.63, 3.8) is 0 Å². The molecule has 1 aromatic heterocycles. The zero-order chi connectivity index (χ0) is 13.4. The number of hydrogen-bond donors (Lipinski definition) is 1. The van der Waals surface area contributed by atoms with E-state index in [9.17, 15) is 4.79 Å². The predicted molar refractivity (Wildman–Crippen MR) is 75.1 cm³/mol. The Labute approximate surface area is 112 Å². The number of rotatable bonds is 3. The second kappa shape index (κ2) is 4.68. The van der Waals surface area contributed by atoms with Crippen LogP contribution in [-0.4, -0.2) is 34.6 Å². The Morgan fingerprint density at radius 1 is 1.47 bits per heavy atom. The van der Waals surface area contributed by atoms with Gasteiger partial charge in [-0.1, -0.05) is 18.6 Å². The number of aromatic amines is 1. The third kappa shape index (κ3) is 2.11. The third-order valence-corrected chi connectivity index (χ3v) is 4.11. The lowest BCUT2D eigenvalue weighted by atomic mass is 9.85. The molecule has 3 rings (SSSR count). The van der Waals surface area contributed by atoms with Crippen LogP contribution in [0.4, 0.5) is 0 Å². The second-order valence-corrected chi connectivity index (χ2v) is 5.53. The summed E-state index contributed by atoms with van der Waals surface area (Å²) in [5.74, 6) is 0.762. The van der Waals surface area contributed by atoms with Gasteiger partial charge in [0, 0.05) is 24.7 Å². The number of aromatic nitrogens is 2. The third-order valence-electron chi connectivity index (χ3n) is 4.11. The fourth-order valence-corrected chi connectivity index (χ4v) is 2.69. The van der Waals surface area contributed by atoms with Crippen LogP contribution in [0.2, 0.25) is 0 Å². The highest BCUT2D eigenvalue weighted by atomic mass is 16.2. The summed E-state index contributed by atoms with van der Waals surface area (Å²) in [5, 5.41) is 8.25. The van der Waals surface area contributed by atoms with Crippen molar-refractivity contribution >= 4 is 16.8 Å². The van der Waals surface area contributed by atoms with E-state index in [4.69, 9.17) is 0 Å². The molecule has 0 saturated heterocycles. The highest BCUT2D eigenvalue weighted by Crippen LogP contribution is 2.27. The summed E-state index contributed by atoms with van der Waals surface area (Å²) in [4.78, 5) is 14.4. The molecule has 0 spiro atoms. The SMILES string of the molecule is Cc1[nH]nc2c(C(=O)N(C)CC3CCC3)cccc12. The molecule has 1 heterocycles. The summed E-state index contributed by atoms with van der Waals surface area (Å²) in [6.07, 6.45) is 3.81. The molecule has 1 amide bonds. The van der Waals surface area contributed by atoms with Gasteiger partial charge in [0.15, 0.2) is 0 Å². The Bertz CT molecular complexity index is 613. The molecular formula is C15H19N3O. The number of para-hydroxylation sites is 1. The number of hydrogen-bond acceptors (Lipinski definition) is 2. The van der Waals surface area contributed by atoms with Crippen molar-refractivity contribution in [1.82, 2.24) is 15.1 Å². The monoisotopic (exact) mass is 257 g/mol. The molecule has 1 N–H and O–H groups in total. The number of amides is 1. The molecule has 0 bridgehead atoms. The zero-order valence-corrected chi connectivity index (χ0v) is 11.4. The van der Waals surface area contributed by atoms with E-state index in [-0.39, 0.29) is 5.91 Å². The summed E-state index contributed by atoms with van der Waals surface area (Å²) in [7, 11) is 1.89. The van der Waals surface area contributed by atoms with Crippen LogP contribution in [0.5, 0.6) is 0 Å². The van der Waals surface area contributed by atoms with E-state index in [1.807, 2.05) is 37.1 Å². The molecule has 4 nitrogen and oxygen atoms in total. The summed E-state index contributed by atoms with van der Waals surface area (Å²) in [6, 6.07) is 5.79. The standard InChI is InChI=1S/C15H19N3O/c1-10-12-7-4-8-13(14(12)17-16-10)15(19)18(2)9-11-5-3-6-11/h4,7-8,11H,3,5-6,9H2,1-2H3,(H,16,17). The molecule has 1 aromatic carbocycles. The van der Waals surface area contributed by atoms with Gasteiger partial charge in [0.1, 0.15) is 5.52 Å². The van der Waals surface area contributed by atoms with E-state index in [2.05, 4.69) is 10.2 Å². The largest absolute Gasteiger partial charge is 0.341 e. The summed E-state index contributed by atoms with van der Waals surface area (Å²) >= 11 is 0. The minimum absolute atomic E-state index is 0.0731. The number of carbonyl (C=O) groups is 1. The number of benzene rings is 1. The number of nitrogens with zero attached hydrogens (tertiary/aromatic N) is 2. The maximum Gasteiger partial charge on any atom is 0.255 e. The number of fused-ring (bicyclic) bond motifs is 1. The van der Waals surface area contributed by atoms with E-state index in [1.54, 1.807) is 0 Å². The van der Waals surface area contributed by atoms with Crippen molar-refractivity contribution in [2.45, 2.75) is 26.2 Å². The van der Waals surface area contributed by atoms with Crippen molar-refractivity contribution in [1.29, 1.82) is 0 Å². The molecule has 1 fully saturated rings. The van der Waals surface area contributed by atoms with Crippen LogP contribution in [0.15, 0.2) is 18.2 Å². The molecule has 0 aliphatic heterocycles. The minimum Gasteiger partial charge on any atom is -0.341 e. The van der Waals surface area contributed by atoms with Crippen LogP contribution in [0.25, 0.3) is 10.9 Å². The molecule has 2 aromatic rings. The first-order valence-electron chi connectivity index (χ1n) is 6.86. The Kier molecular flexibility index (Phi) is 3.01. The molecule has 0 atom stereocenters. The molecular weight excluding hydrogens is 238 g/mol. The van der Waals surface area contributed by atoms with Gasteiger partial charge in [0.05, 0.1) is 5.56 Å². The van der Waals surface area contributed by atoms with Crippen molar-refractivity contribution in [3.05, 3.63) is 29.5 Å². The Morgan fingerprint density at radius 2 is 2.26 bits per heavy atom. The fourth-order valence-electron chi connectivity index (χ4n) is 2.69. The van der Waals surface area contributed by atoms with E-state index in [0.29, 0.717) is 11.5 Å². The van der Waals surface area contributed by atoms with Gasteiger partial charge in [-0.15, -0.1) is 0 Å². The number of nitrogens with one attached hydrogen (secondary N) is 1. The Balaban J connectivity index is 1.88. The maximum atomic E-state index is 12.5. The Hall–Kier alpha value is -1.84. The molecule has 1 aliphatic carbocycles. The Morgan fingerprint density at radius 3 is 2.95 bits per heavy atom. The fraction of sp³-hybridized carbons (Fsp3) is 0.467. The lowest BCUT2D eigenvalue weighted by Crippen LogP contribution is -2.34. The zero-order valence-electron chi connectivity index (χ0n) is 11.4. The number of aryl methyl sites for hydroxylation is 1. The quantitative estimate of drug-likeness (QED) is 0.919. The first kappa shape index (κ1) is 12.2. The average molecular weight is 257 g/mol. The molecule has 1 saturated carbocycles. The van der Waals surface area contributed by atoms with Crippen LogP contribution >= 0.6 is 0 Å². The molecule has 0 radical (unpaired) electrons. The highest BCUT2D eigenvalue weighted by Gasteiger charge is 2.23. The summed E-state index contributed by atoms with van der Waals surface area (Å²) in [5.41, 5.74) is 2.49. The van der Waals surface area contributed by atoms with Gasteiger partial charge in [0.25, 0.3) is 5.91 Å². The first-order chi connectivity index (χ1) is 9.16. The average Bonchev–Trinajstić information content (AvgIpc) is 2.75. The van der Waals surface area contributed by atoms with Gasteiger partial charge in [-0.3, -0.25) is 9.89 Å². The smallest absolute Gasteiger partial charge is 0.255 e. The summed E-state index contributed by atoms with van der Waals surface area (Å²) < 4.78 is 0. The highest BCUT2D eigenvalue weighted by molar-refractivity contribution is 6.05. The van der Waals surface area contributed by atoms with Gasteiger partial charge >= 0.3 is 0 Å². The van der Waals surface area contributed by atoms with Crippen molar-refractivity contribution in [3.8, 4) is 0 Å². The predicted octanol–water partition coefficient (Wildman–Crippen LogP) is 2.74. The normalized spacial score (nSPS) is 15.5. The van der Waals surface area contributed by atoms with Gasteiger partial charge in [-0.25, -0.2) is 0 Å². The number of H-pyrrole nitrogens is 1. The van der Waals surface area contributed by atoms with Crippen molar-refractivity contribution in [2.24, 2.45) is 5.92 Å². The van der Waals surface area contributed by atoms with Gasteiger partial charge in [-0.05, 0) is 31.7 Å². The van der Waals surface area contributed by atoms with Crippen LogP contribution in [0.3, 0.4) is 0 Å². The van der Waals surface area contributed by atoms with Crippen LogP contribution in [0, 0.1) is 12.8 Å². The molecule has 1 aliphatic rings. The molecule has 19 heavy (non-hydrogen) atoms. The lowest BCUT2D eigenvalue weighted by molar-refractivity contribution is 0.0747. The van der Waals surface area contributed by atoms with Crippen molar-refractivity contribution < 1.29 is 4.79 Å². The number of carbonyl (C=O) groups excluding carboxylic acids is 1. The maximum absolute atomic E-state index is 12.5. The van der Waals surface area contributed by atoms with Gasteiger partial charge in [-0.2, -0.15) is 5.10 Å². The summed E-state index contributed by atoms with van der Waals surface area (Å²) in [6.45, 7) is 2.83. The van der Waals surface area contributed by atoms with Crippen LogP contribution in [0.1, 0.15) is 35.3 Å². The van der Waals surface area contributed by atoms with Gasteiger partial charge < -0.3 is 4.90 Å². The van der Waals surface area contributed by atoms with E-state index < -0.39 is 0 Å². The van der Waals surface area contributed by atoms with Crippen LogP contribution in [-0.2, 0) is 0 Å². The minimum atomic E-state index is 0.0731. The molecule has 4 heteroatoms. The van der Waals surface area contributed by atoms with E-state index in [0.717, 1.165) is 23.1 Å². The van der Waals surface area contributed by atoms with E-state index >= 15 is 0 Å². The lowest BCUT2D eigenvalue weighted by Gasteiger charge is -2.30. The van der Waals surface area contributed by atoms with Crippen molar-refractivity contribution in [2.75, 3.05) is 13.6 Å². The topological polar surface area (TPSA) is 49.0 Å².